The van der Waals surface area contributed by atoms with E-state index in [1.54, 1.807) is 7.11 Å². The van der Waals surface area contributed by atoms with Crippen LogP contribution in [0.15, 0.2) is 18.2 Å². The Bertz CT molecular complexity index is 694. The van der Waals surface area contributed by atoms with Gasteiger partial charge in [0.15, 0.2) is 11.6 Å². The number of morpholine rings is 1. The van der Waals surface area contributed by atoms with Crippen LogP contribution in [0.25, 0.3) is 11.0 Å². The van der Waals surface area contributed by atoms with Crippen molar-refractivity contribution in [3.8, 4) is 5.75 Å². The normalized spacial score (nSPS) is 18.7. The van der Waals surface area contributed by atoms with E-state index >= 15 is 0 Å². The number of benzene rings is 1. The molecule has 0 amide bonds. The molecule has 4 rings (SSSR count). The molecule has 0 radical (unpaired) electrons. The molecule has 2 aliphatic heterocycles. The zero-order valence-corrected chi connectivity index (χ0v) is 13.5. The molecule has 6 heteroatoms. The zero-order valence-electron chi connectivity index (χ0n) is 13.5. The number of hydrogen-bond donors (Lipinski definition) is 0. The molecule has 2 aliphatic rings. The molecule has 1 aromatic heterocycles. The molecule has 1 aromatic carbocycles. The van der Waals surface area contributed by atoms with Crippen LogP contribution in [0, 0.1) is 0 Å². The molecule has 0 aliphatic carbocycles. The van der Waals surface area contributed by atoms with Gasteiger partial charge in [-0.2, -0.15) is 0 Å². The summed E-state index contributed by atoms with van der Waals surface area (Å²) in [6, 6.07) is 5.89. The van der Waals surface area contributed by atoms with Crippen molar-refractivity contribution in [2.45, 2.75) is 12.8 Å². The van der Waals surface area contributed by atoms with Crippen molar-refractivity contribution in [2.75, 3.05) is 56.3 Å². The second kappa shape index (κ2) is 6.20. The molecule has 0 bridgehead atoms. The van der Waals surface area contributed by atoms with Crippen LogP contribution in [0.4, 0.5) is 11.6 Å². The van der Waals surface area contributed by atoms with Gasteiger partial charge in [0.1, 0.15) is 5.75 Å². The SMILES string of the molecule is COc1ccc2nc(N3CCCC3)c(N3CCOCC3)nc2c1. The summed E-state index contributed by atoms with van der Waals surface area (Å²) >= 11 is 0. The topological polar surface area (TPSA) is 50.7 Å². The number of fused-ring (bicyclic) bond motifs is 1. The summed E-state index contributed by atoms with van der Waals surface area (Å²) in [5, 5.41) is 0. The predicted octanol–water partition coefficient (Wildman–Crippen LogP) is 2.08. The van der Waals surface area contributed by atoms with E-state index in [4.69, 9.17) is 19.4 Å². The molecular weight excluding hydrogens is 292 g/mol. The second-order valence-electron chi connectivity index (χ2n) is 6.02. The molecule has 0 N–H and O–H groups in total. The van der Waals surface area contributed by atoms with Crippen LogP contribution in [0.2, 0.25) is 0 Å². The van der Waals surface area contributed by atoms with Gasteiger partial charge in [-0.05, 0) is 25.0 Å². The summed E-state index contributed by atoms with van der Waals surface area (Å²) in [5.74, 6) is 2.81. The summed E-state index contributed by atoms with van der Waals surface area (Å²) in [6.07, 6.45) is 2.45. The van der Waals surface area contributed by atoms with Crippen molar-refractivity contribution in [2.24, 2.45) is 0 Å². The number of anilines is 2. The lowest BCUT2D eigenvalue weighted by Gasteiger charge is -2.31. The van der Waals surface area contributed by atoms with Gasteiger partial charge in [-0.25, -0.2) is 9.97 Å². The van der Waals surface area contributed by atoms with E-state index in [0.717, 1.165) is 67.8 Å². The van der Waals surface area contributed by atoms with Crippen LogP contribution in [0.1, 0.15) is 12.8 Å². The van der Waals surface area contributed by atoms with Crippen LogP contribution in [0.5, 0.6) is 5.75 Å². The minimum Gasteiger partial charge on any atom is -0.497 e. The first-order chi connectivity index (χ1) is 11.3. The first kappa shape index (κ1) is 14.5. The van der Waals surface area contributed by atoms with Crippen molar-refractivity contribution >= 4 is 22.7 Å². The Morgan fingerprint density at radius 2 is 1.57 bits per heavy atom. The van der Waals surface area contributed by atoms with Gasteiger partial charge in [0, 0.05) is 32.2 Å². The number of rotatable bonds is 3. The lowest BCUT2D eigenvalue weighted by atomic mass is 10.2. The van der Waals surface area contributed by atoms with Crippen molar-refractivity contribution in [3.05, 3.63) is 18.2 Å². The first-order valence-corrected chi connectivity index (χ1v) is 8.28. The van der Waals surface area contributed by atoms with Gasteiger partial charge in [0.2, 0.25) is 0 Å². The molecule has 2 aromatic rings. The Kier molecular flexibility index (Phi) is 3.91. The maximum absolute atomic E-state index is 5.49. The van der Waals surface area contributed by atoms with Gasteiger partial charge in [0.25, 0.3) is 0 Å². The predicted molar refractivity (Wildman–Crippen MR) is 90.6 cm³/mol. The Morgan fingerprint density at radius 1 is 0.913 bits per heavy atom. The highest BCUT2D eigenvalue weighted by molar-refractivity contribution is 5.82. The summed E-state index contributed by atoms with van der Waals surface area (Å²) < 4.78 is 10.8. The average Bonchev–Trinajstić information content (AvgIpc) is 3.15. The number of aromatic nitrogens is 2. The Hall–Kier alpha value is -2.08. The van der Waals surface area contributed by atoms with E-state index in [9.17, 15) is 0 Å². The minimum absolute atomic E-state index is 0.747. The fourth-order valence-corrected chi connectivity index (χ4v) is 3.27. The third kappa shape index (κ3) is 2.79. The van der Waals surface area contributed by atoms with Crippen molar-refractivity contribution in [1.29, 1.82) is 0 Å². The van der Waals surface area contributed by atoms with E-state index in [1.165, 1.54) is 12.8 Å². The van der Waals surface area contributed by atoms with Gasteiger partial charge in [-0.1, -0.05) is 0 Å². The molecule has 122 valence electrons. The Balaban J connectivity index is 1.82. The fraction of sp³-hybridized carbons (Fsp3) is 0.529. The second-order valence-corrected chi connectivity index (χ2v) is 6.02. The number of hydrogen-bond acceptors (Lipinski definition) is 6. The van der Waals surface area contributed by atoms with E-state index in [-0.39, 0.29) is 0 Å². The van der Waals surface area contributed by atoms with E-state index in [1.807, 2.05) is 18.2 Å². The summed E-state index contributed by atoms with van der Waals surface area (Å²) in [7, 11) is 1.68. The monoisotopic (exact) mass is 314 g/mol. The Labute approximate surface area is 136 Å². The molecule has 0 atom stereocenters. The highest BCUT2D eigenvalue weighted by Crippen LogP contribution is 2.32. The molecule has 0 spiro atoms. The van der Waals surface area contributed by atoms with E-state index in [0.29, 0.717) is 0 Å². The highest BCUT2D eigenvalue weighted by atomic mass is 16.5. The van der Waals surface area contributed by atoms with Gasteiger partial charge in [-0.15, -0.1) is 0 Å². The molecule has 0 saturated carbocycles. The Morgan fingerprint density at radius 3 is 2.26 bits per heavy atom. The van der Waals surface area contributed by atoms with Crippen LogP contribution in [-0.2, 0) is 4.74 Å². The van der Waals surface area contributed by atoms with Gasteiger partial charge in [0.05, 0.1) is 31.4 Å². The quantitative estimate of drug-likeness (QED) is 0.864. The molecule has 6 nitrogen and oxygen atoms in total. The lowest BCUT2D eigenvalue weighted by Crippen LogP contribution is -2.38. The van der Waals surface area contributed by atoms with Crippen LogP contribution >= 0.6 is 0 Å². The maximum atomic E-state index is 5.49. The highest BCUT2D eigenvalue weighted by Gasteiger charge is 2.24. The third-order valence-corrected chi connectivity index (χ3v) is 4.55. The van der Waals surface area contributed by atoms with Crippen molar-refractivity contribution in [1.82, 2.24) is 9.97 Å². The maximum Gasteiger partial charge on any atom is 0.172 e. The zero-order chi connectivity index (χ0) is 15.6. The molecular formula is C17H22N4O2. The van der Waals surface area contributed by atoms with Crippen LogP contribution in [0.3, 0.4) is 0 Å². The minimum atomic E-state index is 0.747. The third-order valence-electron chi connectivity index (χ3n) is 4.55. The van der Waals surface area contributed by atoms with Gasteiger partial charge < -0.3 is 19.3 Å². The molecule has 2 saturated heterocycles. The van der Waals surface area contributed by atoms with Crippen molar-refractivity contribution < 1.29 is 9.47 Å². The van der Waals surface area contributed by atoms with Crippen LogP contribution in [-0.4, -0.2) is 56.5 Å². The molecule has 3 heterocycles. The van der Waals surface area contributed by atoms with E-state index < -0.39 is 0 Å². The number of methoxy groups -OCH3 is 1. The largest absolute Gasteiger partial charge is 0.497 e. The summed E-state index contributed by atoms with van der Waals surface area (Å²) in [4.78, 5) is 14.5. The van der Waals surface area contributed by atoms with Crippen molar-refractivity contribution in [3.63, 3.8) is 0 Å². The first-order valence-electron chi connectivity index (χ1n) is 8.28. The van der Waals surface area contributed by atoms with E-state index in [2.05, 4.69) is 9.80 Å². The summed E-state index contributed by atoms with van der Waals surface area (Å²) in [6.45, 7) is 5.35. The average molecular weight is 314 g/mol. The van der Waals surface area contributed by atoms with Gasteiger partial charge in [-0.3, -0.25) is 0 Å². The lowest BCUT2D eigenvalue weighted by molar-refractivity contribution is 0.122. The smallest absolute Gasteiger partial charge is 0.172 e. The van der Waals surface area contributed by atoms with Crippen LogP contribution < -0.4 is 14.5 Å². The molecule has 0 unspecified atom stereocenters. The van der Waals surface area contributed by atoms with Gasteiger partial charge >= 0.3 is 0 Å². The summed E-state index contributed by atoms with van der Waals surface area (Å²) in [5.41, 5.74) is 1.80. The molecule has 23 heavy (non-hydrogen) atoms. The standard InChI is InChI=1S/C17H22N4O2/c1-22-13-4-5-14-15(12-13)19-17(21-8-10-23-11-9-21)16(18-14)20-6-2-3-7-20/h4-5,12H,2-3,6-11H2,1H3. The fourth-order valence-electron chi connectivity index (χ4n) is 3.27. The number of nitrogens with zero attached hydrogens (tertiary/aromatic N) is 4. The number of ether oxygens (including phenoxy) is 2. The molecule has 2 fully saturated rings.